The summed E-state index contributed by atoms with van der Waals surface area (Å²) < 4.78 is 6.11. The Hall–Kier alpha value is -2.87. The van der Waals surface area contributed by atoms with Gasteiger partial charge in [0.05, 0.1) is 5.56 Å². The van der Waals surface area contributed by atoms with Crippen LogP contribution >= 0.6 is 0 Å². The normalized spacial score (nSPS) is 10.4. The van der Waals surface area contributed by atoms with Crippen LogP contribution in [0.4, 0.5) is 0 Å². The highest BCUT2D eigenvalue weighted by Gasteiger charge is 2.16. The minimum Gasteiger partial charge on any atom is -0.487 e. The van der Waals surface area contributed by atoms with Crippen molar-refractivity contribution in [3.63, 3.8) is 0 Å². The molecule has 0 spiro atoms. The van der Waals surface area contributed by atoms with Gasteiger partial charge in [-0.3, -0.25) is 4.79 Å². The predicted octanol–water partition coefficient (Wildman–Crippen LogP) is 5.53. The lowest BCUT2D eigenvalue weighted by Crippen LogP contribution is -2.05. The second kappa shape index (κ2) is 7.60. The van der Waals surface area contributed by atoms with E-state index in [9.17, 15) is 4.79 Å². The summed E-state index contributed by atoms with van der Waals surface area (Å²) in [5.41, 5.74) is 3.72. The summed E-state index contributed by atoms with van der Waals surface area (Å²) in [5.74, 6) is 0.759. The number of ketones is 1. The van der Waals surface area contributed by atoms with Gasteiger partial charge in [-0.15, -0.1) is 0 Å². The molecule has 0 aliphatic carbocycles. The summed E-state index contributed by atoms with van der Waals surface area (Å²) in [5, 5.41) is 0. The Morgan fingerprint density at radius 3 is 2.17 bits per heavy atom. The average Bonchev–Trinajstić information content (AvgIpc) is 2.67. The van der Waals surface area contributed by atoms with Crippen LogP contribution in [0.15, 0.2) is 78.9 Å². The van der Waals surface area contributed by atoms with E-state index in [1.807, 2.05) is 85.8 Å². The molecule has 0 saturated heterocycles. The molecule has 2 nitrogen and oxygen atoms in total. The van der Waals surface area contributed by atoms with Gasteiger partial charge in [0.1, 0.15) is 12.4 Å². The highest BCUT2D eigenvalue weighted by atomic mass is 16.5. The Kier molecular flexibility index (Phi) is 5.07. The van der Waals surface area contributed by atoms with Crippen LogP contribution in [-0.2, 0) is 6.61 Å². The Labute approximate surface area is 142 Å². The van der Waals surface area contributed by atoms with Crippen molar-refractivity contribution >= 4 is 5.78 Å². The summed E-state index contributed by atoms with van der Waals surface area (Å²) in [6.45, 7) is 2.31. The van der Waals surface area contributed by atoms with Crippen LogP contribution in [-0.4, -0.2) is 5.78 Å². The van der Waals surface area contributed by atoms with Gasteiger partial charge < -0.3 is 4.74 Å². The number of benzene rings is 3. The van der Waals surface area contributed by atoms with E-state index in [0.717, 1.165) is 16.7 Å². The maximum Gasteiger partial charge on any atom is 0.166 e. The molecular formula is C22H20O2. The molecular weight excluding hydrogens is 296 g/mol. The fourth-order valence-electron chi connectivity index (χ4n) is 2.68. The van der Waals surface area contributed by atoms with Gasteiger partial charge in [-0.25, -0.2) is 0 Å². The molecule has 24 heavy (non-hydrogen) atoms. The fraction of sp³-hybridized carbons (Fsp3) is 0.136. The van der Waals surface area contributed by atoms with Gasteiger partial charge in [-0.1, -0.05) is 79.7 Å². The summed E-state index contributed by atoms with van der Waals surface area (Å²) in [7, 11) is 0. The lowest BCUT2D eigenvalue weighted by atomic mass is 9.98. The lowest BCUT2D eigenvalue weighted by Gasteiger charge is -2.15. The van der Waals surface area contributed by atoms with Gasteiger partial charge in [0, 0.05) is 12.0 Å². The average molecular weight is 316 g/mol. The third-order valence-electron chi connectivity index (χ3n) is 3.95. The third kappa shape index (κ3) is 3.54. The highest BCUT2D eigenvalue weighted by molar-refractivity contribution is 6.00. The number of carbonyl (C=O) groups is 1. The van der Waals surface area contributed by atoms with Crippen LogP contribution in [0.1, 0.15) is 29.3 Å². The first-order valence-electron chi connectivity index (χ1n) is 8.18. The summed E-state index contributed by atoms with van der Waals surface area (Å²) in [6, 6.07) is 25.8. The molecule has 0 atom stereocenters. The zero-order valence-electron chi connectivity index (χ0n) is 13.7. The predicted molar refractivity (Wildman–Crippen MR) is 97.3 cm³/mol. The molecule has 0 aliphatic rings. The SMILES string of the molecule is CCC(=O)c1cccc(-c2ccccc2)c1OCc1ccccc1. The van der Waals surface area contributed by atoms with E-state index in [1.54, 1.807) is 0 Å². The van der Waals surface area contributed by atoms with E-state index in [1.165, 1.54) is 0 Å². The van der Waals surface area contributed by atoms with Gasteiger partial charge in [0.2, 0.25) is 0 Å². The summed E-state index contributed by atoms with van der Waals surface area (Å²) >= 11 is 0. The number of carbonyl (C=O) groups excluding carboxylic acids is 1. The summed E-state index contributed by atoms with van der Waals surface area (Å²) in [6.07, 6.45) is 0.458. The number of Topliss-reactive ketones (excluding diaryl/α,β-unsaturated/α-hetero) is 1. The second-order valence-corrected chi connectivity index (χ2v) is 5.60. The van der Waals surface area contributed by atoms with Crippen molar-refractivity contribution in [3.8, 4) is 16.9 Å². The van der Waals surface area contributed by atoms with E-state index in [0.29, 0.717) is 24.3 Å². The largest absolute Gasteiger partial charge is 0.487 e. The van der Waals surface area contributed by atoms with Gasteiger partial charge >= 0.3 is 0 Å². The topological polar surface area (TPSA) is 26.3 Å². The minimum absolute atomic E-state index is 0.0934. The van der Waals surface area contributed by atoms with Crippen molar-refractivity contribution in [3.05, 3.63) is 90.0 Å². The molecule has 3 aromatic rings. The minimum atomic E-state index is 0.0934. The van der Waals surface area contributed by atoms with Gasteiger partial charge in [0.15, 0.2) is 5.78 Å². The van der Waals surface area contributed by atoms with E-state index in [-0.39, 0.29) is 5.78 Å². The Bertz CT molecular complexity index is 808. The van der Waals surface area contributed by atoms with Crippen molar-refractivity contribution in [2.45, 2.75) is 20.0 Å². The molecule has 3 aromatic carbocycles. The smallest absolute Gasteiger partial charge is 0.166 e. The van der Waals surface area contributed by atoms with E-state index < -0.39 is 0 Å². The maximum atomic E-state index is 12.3. The van der Waals surface area contributed by atoms with Gasteiger partial charge in [0.25, 0.3) is 0 Å². The zero-order valence-corrected chi connectivity index (χ0v) is 13.7. The number of hydrogen-bond acceptors (Lipinski definition) is 2. The molecule has 2 heteroatoms. The first-order chi connectivity index (χ1) is 11.8. The molecule has 0 fully saturated rings. The van der Waals surface area contributed by atoms with Crippen LogP contribution < -0.4 is 4.74 Å². The van der Waals surface area contributed by atoms with E-state index >= 15 is 0 Å². The van der Waals surface area contributed by atoms with Crippen LogP contribution in [0.3, 0.4) is 0 Å². The first-order valence-corrected chi connectivity index (χ1v) is 8.18. The highest BCUT2D eigenvalue weighted by Crippen LogP contribution is 2.34. The molecule has 0 aromatic heterocycles. The molecule has 0 heterocycles. The molecule has 0 radical (unpaired) electrons. The molecule has 0 bridgehead atoms. The Morgan fingerprint density at radius 1 is 0.833 bits per heavy atom. The van der Waals surface area contributed by atoms with E-state index in [4.69, 9.17) is 4.74 Å². The fourth-order valence-corrected chi connectivity index (χ4v) is 2.68. The van der Waals surface area contributed by atoms with Crippen molar-refractivity contribution in [1.82, 2.24) is 0 Å². The molecule has 0 N–H and O–H groups in total. The quantitative estimate of drug-likeness (QED) is 0.559. The monoisotopic (exact) mass is 316 g/mol. The second-order valence-electron chi connectivity index (χ2n) is 5.60. The van der Waals surface area contributed by atoms with Crippen LogP contribution in [0.2, 0.25) is 0 Å². The standard InChI is InChI=1S/C22H20O2/c1-2-21(23)20-15-9-14-19(18-12-7-4-8-13-18)22(20)24-16-17-10-5-3-6-11-17/h3-15H,2,16H2,1H3. The molecule has 0 saturated carbocycles. The number of rotatable bonds is 6. The van der Waals surface area contributed by atoms with Gasteiger partial charge in [-0.05, 0) is 17.2 Å². The van der Waals surface area contributed by atoms with Crippen molar-refractivity contribution in [2.24, 2.45) is 0 Å². The maximum absolute atomic E-state index is 12.3. The van der Waals surface area contributed by atoms with Crippen LogP contribution in [0.25, 0.3) is 11.1 Å². The Morgan fingerprint density at radius 2 is 1.50 bits per heavy atom. The molecule has 3 rings (SSSR count). The Balaban J connectivity index is 2.01. The first kappa shape index (κ1) is 16.0. The third-order valence-corrected chi connectivity index (χ3v) is 3.95. The zero-order chi connectivity index (χ0) is 16.8. The summed E-state index contributed by atoms with van der Waals surface area (Å²) in [4.78, 5) is 12.3. The van der Waals surface area contributed by atoms with Crippen LogP contribution in [0, 0.1) is 0 Å². The van der Waals surface area contributed by atoms with Crippen LogP contribution in [0.5, 0.6) is 5.75 Å². The molecule has 0 aliphatic heterocycles. The van der Waals surface area contributed by atoms with Crippen molar-refractivity contribution in [1.29, 1.82) is 0 Å². The van der Waals surface area contributed by atoms with E-state index in [2.05, 4.69) is 0 Å². The number of para-hydroxylation sites is 1. The van der Waals surface area contributed by atoms with Crippen molar-refractivity contribution in [2.75, 3.05) is 0 Å². The number of hydrogen-bond donors (Lipinski definition) is 0. The lowest BCUT2D eigenvalue weighted by molar-refractivity contribution is 0.0984. The number of ether oxygens (including phenoxy) is 1. The van der Waals surface area contributed by atoms with Crippen molar-refractivity contribution < 1.29 is 9.53 Å². The molecule has 0 unspecified atom stereocenters. The van der Waals surface area contributed by atoms with Gasteiger partial charge in [-0.2, -0.15) is 0 Å². The molecule has 120 valence electrons. The molecule has 0 amide bonds.